The smallest absolute Gasteiger partial charge is 0.271 e. The van der Waals surface area contributed by atoms with Crippen LogP contribution in [0.1, 0.15) is 42.3 Å². The van der Waals surface area contributed by atoms with Crippen molar-refractivity contribution in [3.8, 4) is 11.8 Å². The zero-order valence-corrected chi connectivity index (χ0v) is 14.6. The van der Waals surface area contributed by atoms with Gasteiger partial charge in [0.15, 0.2) is 6.61 Å². The summed E-state index contributed by atoms with van der Waals surface area (Å²) >= 11 is 0. The molecule has 1 amide bonds. The number of nitrogens with zero attached hydrogens (tertiary/aromatic N) is 2. The predicted molar refractivity (Wildman–Crippen MR) is 97.8 cm³/mol. The van der Waals surface area contributed by atoms with Gasteiger partial charge in [0.05, 0.1) is 6.21 Å². The van der Waals surface area contributed by atoms with E-state index in [0.717, 1.165) is 5.56 Å². The topological polar surface area (TPSA) is 74.5 Å². The molecule has 0 saturated carbocycles. The average molecular weight is 335 g/mol. The first-order valence-corrected chi connectivity index (χ1v) is 7.94. The standard InChI is InChI=1S/C20H21N3O2/c1-20(2,3)17-10-8-15(9-11-17)19(24)23-22-14-16-6-4-5-7-18(16)25-13-12-21/h4-11,14H,13H2,1-3H3,(H,23,24)/b22-14-. The molecule has 2 aromatic carbocycles. The highest BCUT2D eigenvalue weighted by molar-refractivity contribution is 5.95. The lowest BCUT2D eigenvalue weighted by atomic mass is 9.87. The molecule has 1 N–H and O–H groups in total. The maximum atomic E-state index is 12.2. The van der Waals surface area contributed by atoms with Crippen molar-refractivity contribution >= 4 is 12.1 Å². The minimum Gasteiger partial charge on any atom is -0.478 e. The number of nitriles is 1. The zero-order valence-electron chi connectivity index (χ0n) is 14.6. The van der Waals surface area contributed by atoms with Gasteiger partial charge >= 0.3 is 0 Å². The highest BCUT2D eigenvalue weighted by Crippen LogP contribution is 2.22. The van der Waals surface area contributed by atoms with E-state index in [0.29, 0.717) is 16.9 Å². The molecule has 0 saturated heterocycles. The highest BCUT2D eigenvalue weighted by atomic mass is 16.5. The molecule has 0 aliphatic rings. The quantitative estimate of drug-likeness (QED) is 0.669. The van der Waals surface area contributed by atoms with Crippen molar-refractivity contribution in [1.29, 1.82) is 5.26 Å². The number of ether oxygens (including phenoxy) is 1. The third-order valence-electron chi connectivity index (χ3n) is 3.59. The Morgan fingerprint density at radius 1 is 1.20 bits per heavy atom. The van der Waals surface area contributed by atoms with Crippen LogP contribution in [0.25, 0.3) is 0 Å². The lowest BCUT2D eigenvalue weighted by molar-refractivity contribution is 0.0955. The number of benzene rings is 2. The number of para-hydroxylation sites is 1. The van der Waals surface area contributed by atoms with Crippen LogP contribution in [0.3, 0.4) is 0 Å². The molecular formula is C20H21N3O2. The van der Waals surface area contributed by atoms with Crippen LogP contribution in [-0.4, -0.2) is 18.7 Å². The molecule has 128 valence electrons. The van der Waals surface area contributed by atoms with E-state index < -0.39 is 0 Å². The lowest BCUT2D eigenvalue weighted by Crippen LogP contribution is -2.18. The third kappa shape index (κ3) is 5.18. The van der Waals surface area contributed by atoms with E-state index in [1.807, 2.05) is 24.3 Å². The molecule has 0 fully saturated rings. The Morgan fingerprint density at radius 3 is 2.52 bits per heavy atom. The fraction of sp³-hybridized carbons (Fsp3) is 0.250. The Morgan fingerprint density at radius 2 is 1.88 bits per heavy atom. The zero-order chi connectivity index (χ0) is 18.3. The summed E-state index contributed by atoms with van der Waals surface area (Å²) in [5.74, 6) is 0.253. The molecule has 5 heteroatoms. The van der Waals surface area contributed by atoms with Crippen LogP contribution in [0, 0.1) is 11.3 Å². The van der Waals surface area contributed by atoms with Gasteiger partial charge in [-0.25, -0.2) is 5.43 Å². The highest BCUT2D eigenvalue weighted by Gasteiger charge is 2.14. The average Bonchev–Trinajstić information content (AvgIpc) is 2.60. The first kappa shape index (κ1) is 18.2. The van der Waals surface area contributed by atoms with Crippen molar-refractivity contribution in [3.05, 3.63) is 65.2 Å². The van der Waals surface area contributed by atoms with Crippen LogP contribution in [0.2, 0.25) is 0 Å². The second kappa shape index (κ2) is 8.11. The van der Waals surface area contributed by atoms with Gasteiger partial charge in [0.1, 0.15) is 11.8 Å². The van der Waals surface area contributed by atoms with Gasteiger partial charge in [-0.2, -0.15) is 10.4 Å². The Kier molecular flexibility index (Phi) is 5.91. The second-order valence-corrected chi connectivity index (χ2v) is 6.51. The number of carbonyl (C=O) groups is 1. The summed E-state index contributed by atoms with van der Waals surface area (Å²) in [6.45, 7) is 6.33. The summed E-state index contributed by atoms with van der Waals surface area (Å²) in [4.78, 5) is 12.2. The Bertz CT molecular complexity index is 797. The molecule has 5 nitrogen and oxygen atoms in total. The van der Waals surface area contributed by atoms with E-state index in [1.54, 1.807) is 30.3 Å². The molecule has 25 heavy (non-hydrogen) atoms. The minimum atomic E-state index is -0.285. The van der Waals surface area contributed by atoms with Gasteiger partial charge in [-0.1, -0.05) is 45.0 Å². The molecule has 0 radical (unpaired) electrons. The third-order valence-corrected chi connectivity index (χ3v) is 3.59. The van der Waals surface area contributed by atoms with E-state index in [9.17, 15) is 4.79 Å². The Balaban J connectivity index is 2.03. The van der Waals surface area contributed by atoms with Crippen molar-refractivity contribution in [3.63, 3.8) is 0 Å². The molecule has 0 atom stereocenters. The molecule has 0 bridgehead atoms. The number of hydrogen-bond acceptors (Lipinski definition) is 4. The number of carbonyl (C=O) groups excluding carboxylic acids is 1. The summed E-state index contributed by atoms with van der Waals surface area (Å²) in [6.07, 6.45) is 1.49. The van der Waals surface area contributed by atoms with Gasteiger partial charge in [0.2, 0.25) is 0 Å². The largest absolute Gasteiger partial charge is 0.478 e. The normalized spacial score (nSPS) is 11.1. The van der Waals surface area contributed by atoms with Gasteiger partial charge in [-0.3, -0.25) is 4.79 Å². The van der Waals surface area contributed by atoms with Crippen LogP contribution in [0.4, 0.5) is 0 Å². The minimum absolute atomic E-state index is 0.0420. The van der Waals surface area contributed by atoms with E-state index >= 15 is 0 Å². The fourth-order valence-corrected chi connectivity index (χ4v) is 2.18. The maximum Gasteiger partial charge on any atom is 0.271 e. The molecule has 2 rings (SSSR count). The van der Waals surface area contributed by atoms with Gasteiger partial charge in [-0.15, -0.1) is 0 Å². The van der Waals surface area contributed by atoms with Gasteiger partial charge in [0.25, 0.3) is 5.91 Å². The van der Waals surface area contributed by atoms with Crippen LogP contribution >= 0.6 is 0 Å². The molecule has 0 aromatic heterocycles. The SMILES string of the molecule is CC(C)(C)c1ccc(C(=O)N/N=C\c2ccccc2OCC#N)cc1. The van der Waals surface area contributed by atoms with Crippen molar-refractivity contribution in [1.82, 2.24) is 5.43 Å². The molecule has 0 heterocycles. The van der Waals surface area contributed by atoms with E-state index in [1.165, 1.54) is 6.21 Å². The van der Waals surface area contributed by atoms with Gasteiger partial charge < -0.3 is 4.74 Å². The number of hydrazone groups is 1. The van der Waals surface area contributed by atoms with Crippen LogP contribution < -0.4 is 10.2 Å². The van der Waals surface area contributed by atoms with E-state index in [2.05, 4.69) is 31.3 Å². The molecular weight excluding hydrogens is 314 g/mol. The molecule has 2 aromatic rings. The fourth-order valence-electron chi connectivity index (χ4n) is 2.18. The van der Waals surface area contributed by atoms with Crippen molar-refractivity contribution in [2.45, 2.75) is 26.2 Å². The summed E-state index contributed by atoms with van der Waals surface area (Å²) in [7, 11) is 0. The molecule has 0 unspecified atom stereocenters. The summed E-state index contributed by atoms with van der Waals surface area (Å²) in [5, 5.41) is 12.6. The van der Waals surface area contributed by atoms with Crippen molar-refractivity contribution in [2.24, 2.45) is 5.10 Å². The van der Waals surface area contributed by atoms with Crippen LogP contribution in [0.15, 0.2) is 53.6 Å². The van der Waals surface area contributed by atoms with Crippen LogP contribution in [-0.2, 0) is 5.41 Å². The van der Waals surface area contributed by atoms with Crippen molar-refractivity contribution < 1.29 is 9.53 Å². The first-order chi connectivity index (χ1) is 11.9. The van der Waals surface area contributed by atoms with Crippen molar-refractivity contribution in [2.75, 3.05) is 6.61 Å². The molecule has 0 spiro atoms. The summed E-state index contributed by atoms with van der Waals surface area (Å²) < 4.78 is 5.31. The molecule has 0 aliphatic heterocycles. The summed E-state index contributed by atoms with van der Waals surface area (Å²) in [5.41, 5.74) is 4.93. The van der Waals surface area contributed by atoms with Gasteiger partial charge in [0, 0.05) is 11.1 Å². The number of hydrogen-bond donors (Lipinski definition) is 1. The molecule has 0 aliphatic carbocycles. The van der Waals surface area contributed by atoms with E-state index in [4.69, 9.17) is 10.00 Å². The van der Waals surface area contributed by atoms with Crippen LogP contribution in [0.5, 0.6) is 5.75 Å². The number of rotatable bonds is 5. The second-order valence-electron chi connectivity index (χ2n) is 6.51. The lowest BCUT2D eigenvalue weighted by Gasteiger charge is -2.18. The summed E-state index contributed by atoms with van der Waals surface area (Å²) in [6, 6.07) is 16.6. The van der Waals surface area contributed by atoms with E-state index in [-0.39, 0.29) is 17.9 Å². The number of nitrogens with one attached hydrogen (secondary N) is 1. The first-order valence-electron chi connectivity index (χ1n) is 7.94. The Hall–Kier alpha value is -3.13. The number of amides is 1. The maximum absolute atomic E-state index is 12.2. The monoisotopic (exact) mass is 335 g/mol. The Labute approximate surface area is 147 Å². The predicted octanol–water partition coefficient (Wildman–Crippen LogP) is 3.65. The van der Waals surface area contributed by atoms with Gasteiger partial charge in [-0.05, 0) is 35.2 Å².